The Bertz CT molecular complexity index is 1520. The second-order valence-corrected chi connectivity index (χ2v) is 12.0. The highest BCUT2D eigenvalue weighted by molar-refractivity contribution is 7.92. The minimum absolute atomic E-state index is 0.0538. The van der Waals surface area contributed by atoms with E-state index in [1.165, 1.54) is 61.6 Å². The normalized spacial score (nSPS) is 12.5. The number of halogens is 1. The summed E-state index contributed by atoms with van der Waals surface area (Å²) >= 11 is 0. The Morgan fingerprint density at radius 3 is 2.11 bits per heavy atom. The second kappa shape index (κ2) is 15.4. The maximum atomic E-state index is 14.2. The first-order valence-electron chi connectivity index (χ1n) is 14.3. The largest absolute Gasteiger partial charge is 0.494 e. The highest BCUT2D eigenvalue weighted by Gasteiger charge is 2.33. The van der Waals surface area contributed by atoms with Gasteiger partial charge in [-0.05, 0) is 81.3 Å². The molecule has 0 radical (unpaired) electrons. The SMILES string of the molecule is CCOc1ccc(N(CC(=O)N(Cc2ccc(F)cc2)[C@@H](C)C(=O)N[C@@H](C)CC)S(=O)(=O)c2ccc(OC)c(OC)c2)cc1. The van der Waals surface area contributed by atoms with Gasteiger partial charge < -0.3 is 24.4 Å². The number of anilines is 1. The summed E-state index contributed by atoms with van der Waals surface area (Å²) in [6.07, 6.45) is 0.680. The Labute approximate surface area is 258 Å². The van der Waals surface area contributed by atoms with Crippen LogP contribution in [0.4, 0.5) is 10.1 Å². The number of carbonyl (C=O) groups is 2. The Morgan fingerprint density at radius 1 is 0.909 bits per heavy atom. The summed E-state index contributed by atoms with van der Waals surface area (Å²) in [7, 11) is -1.53. The van der Waals surface area contributed by atoms with Crippen LogP contribution in [0.15, 0.2) is 71.6 Å². The van der Waals surface area contributed by atoms with Gasteiger partial charge in [-0.2, -0.15) is 0 Å². The predicted molar refractivity (Wildman–Crippen MR) is 166 cm³/mol. The highest BCUT2D eigenvalue weighted by Crippen LogP contribution is 2.33. The van der Waals surface area contributed by atoms with Gasteiger partial charge in [0.2, 0.25) is 11.8 Å². The van der Waals surface area contributed by atoms with Gasteiger partial charge in [-0.25, -0.2) is 12.8 Å². The number of rotatable bonds is 15. The van der Waals surface area contributed by atoms with Crippen molar-refractivity contribution in [2.24, 2.45) is 0 Å². The minimum atomic E-state index is -4.35. The summed E-state index contributed by atoms with van der Waals surface area (Å²) in [4.78, 5) is 28.4. The molecule has 0 aliphatic carbocycles. The molecule has 0 saturated carbocycles. The molecule has 0 unspecified atom stereocenters. The summed E-state index contributed by atoms with van der Waals surface area (Å²) < 4.78 is 59.0. The van der Waals surface area contributed by atoms with Crippen molar-refractivity contribution in [2.75, 3.05) is 31.7 Å². The van der Waals surface area contributed by atoms with E-state index in [1.807, 2.05) is 20.8 Å². The van der Waals surface area contributed by atoms with E-state index >= 15 is 0 Å². The van der Waals surface area contributed by atoms with Crippen LogP contribution in [0.2, 0.25) is 0 Å². The summed E-state index contributed by atoms with van der Waals surface area (Å²) in [5.41, 5.74) is 0.772. The van der Waals surface area contributed by atoms with Gasteiger partial charge >= 0.3 is 0 Å². The number of sulfonamides is 1. The molecule has 0 aromatic heterocycles. The summed E-state index contributed by atoms with van der Waals surface area (Å²) in [6.45, 7) is 6.90. The van der Waals surface area contributed by atoms with Crippen LogP contribution in [0.1, 0.15) is 39.7 Å². The van der Waals surface area contributed by atoms with Gasteiger partial charge in [0.05, 0.1) is 31.4 Å². The monoisotopic (exact) mass is 629 g/mol. The Morgan fingerprint density at radius 2 is 1.55 bits per heavy atom. The summed E-state index contributed by atoms with van der Waals surface area (Å²) in [5.74, 6) is -0.429. The van der Waals surface area contributed by atoms with E-state index in [9.17, 15) is 22.4 Å². The molecule has 3 aromatic carbocycles. The number of amides is 2. The molecule has 0 aliphatic heterocycles. The first-order valence-corrected chi connectivity index (χ1v) is 15.7. The fourth-order valence-electron chi connectivity index (χ4n) is 4.34. The van der Waals surface area contributed by atoms with Crippen LogP contribution >= 0.6 is 0 Å². The zero-order valence-electron chi connectivity index (χ0n) is 25.9. The van der Waals surface area contributed by atoms with Crippen molar-refractivity contribution >= 4 is 27.5 Å². The molecule has 0 saturated heterocycles. The molecular formula is C32H40FN3O7S. The highest BCUT2D eigenvalue weighted by atomic mass is 32.2. The van der Waals surface area contributed by atoms with Gasteiger partial charge in [0.25, 0.3) is 10.0 Å². The van der Waals surface area contributed by atoms with Crippen LogP contribution in [0.3, 0.4) is 0 Å². The van der Waals surface area contributed by atoms with Crippen LogP contribution in [-0.2, 0) is 26.2 Å². The quantitative estimate of drug-likeness (QED) is 0.258. The van der Waals surface area contributed by atoms with Crippen LogP contribution in [-0.4, -0.2) is 64.6 Å². The van der Waals surface area contributed by atoms with Gasteiger partial charge in [-0.3, -0.25) is 13.9 Å². The molecule has 0 heterocycles. The molecule has 12 heteroatoms. The molecule has 0 bridgehead atoms. The lowest BCUT2D eigenvalue weighted by atomic mass is 10.1. The maximum absolute atomic E-state index is 14.2. The number of carbonyl (C=O) groups excluding carboxylic acids is 2. The molecule has 44 heavy (non-hydrogen) atoms. The Balaban J connectivity index is 2.07. The number of hydrogen-bond donors (Lipinski definition) is 1. The van der Waals surface area contributed by atoms with E-state index in [2.05, 4.69) is 5.32 Å². The standard InChI is InChI=1S/C32H40FN3O7S/c1-7-22(3)34-32(38)23(4)35(20-24-9-11-25(33)12-10-24)31(37)21-36(26-13-15-27(16-14-26)43-8-2)44(39,40)28-17-18-29(41-5)30(19-28)42-6/h9-19,22-23H,7-8,20-21H2,1-6H3,(H,34,38)/t22-,23-/m0/s1. The number of benzene rings is 3. The number of nitrogens with one attached hydrogen (secondary N) is 1. The van der Waals surface area contributed by atoms with Crippen molar-refractivity contribution in [3.63, 3.8) is 0 Å². The lowest BCUT2D eigenvalue weighted by molar-refractivity contribution is -0.139. The zero-order valence-corrected chi connectivity index (χ0v) is 26.7. The molecule has 1 N–H and O–H groups in total. The zero-order chi connectivity index (χ0) is 32.4. The van der Waals surface area contributed by atoms with Crippen molar-refractivity contribution in [3.8, 4) is 17.2 Å². The average molecular weight is 630 g/mol. The number of nitrogens with zero attached hydrogens (tertiary/aromatic N) is 2. The minimum Gasteiger partial charge on any atom is -0.494 e. The van der Waals surface area contributed by atoms with Crippen LogP contribution in [0.5, 0.6) is 17.2 Å². The van der Waals surface area contributed by atoms with Crippen molar-refractivity contribution in [1.29, 1.82) is 0 Å². The average Bonchev–Trinajstić information content (AvgIpc) is 3.02. The van der Waals surface area contributed by atoms with E-state index < -0.39 is 40.2 Å². The molecule has 2 atom stereocenters. The van der Waals surface area contributed by atoms with E-state index in [1.54, 1.807) is 31.2 Å². The molecular weight excluding hydrogens is 589 g/mol. The van der Waals surface area contributed by atoms with Gasteiger partial charge in [0.1, 0.15) is 24.2 Å². The number of methoxy groups -OCH3 is 2. The maximum Gasteiger partial charge on any atom is 0.264 e. The van der Waals surface area contributed by atoms with Gasteiger partial charge in [-0.1, -0.05) is 19.1 Å². The van der Waals surface area contributed by atoms with Crippen molar-refractivity contribution in [1.82, 2.24) is 10.2 Å². The van der Waals surface area contributed by atoms with E-state index in [4.69, 9.17) is 14.2 Å². The van der Waals surface area contributed by atoms with Crippen molar-refractivity contribution in [3.05, 3.63) is 78.1 Å². The molecule has 0 aliphatic rings. The third-order valence-corrected chi connectivity index (χ3v) is 8.86. The van der Waals surface area contributed by atoms with Crippen molar-refractivity contribution < 1.29 is 36.6 Å². The summed E-state index contributed by atoms with van der Waals surface area (Å²) in [6, 6.07) is 14.9. The Kier molecular flexibility index (Phi) is 12.0. The van der Waals surface area contributed by atoms with Crippen LogP contribution in [0.25, 0.3) is 0 Å². The second-order valence-electron chi connectivity index (χ2n) is 10.1. The lowest BCUT2D eigenvalue weighted by Gasteiger charge is -2.32. The number of ether oxygens (including phenoxy) is 3. The topological polar surface area (TPSA) is 114 Å². The van der Waals surface area contributed by atoms with Crippen LogP contribution in [0, 0.1) is 5.82 Å². The number of hydrogen-bond acceptors (Lipinski definition) is 7. The third kappa shape index (κ3) is 8.40. The lowest BCUT2D eigenvalue weighted by Crippen LogP contribution is -2.52. The predicted octanol–water partition coefficient (Wildman–Crippen LogP) is 4.77. The van der Waals surface area contributed by atoms with Gasteiger partial charge in [0, 0.05) is 18.7 Å². The first kappa shape index (κ1) is 34.2. The first-order chi connectivity index (χ1) is 20.9. The van der Waals surface area contributed by atoms with Crippen LogP contribution < -0.4 is 23.8 Å². The molecule has 3 rings (SSSR count). The third-order valence-electron chi connectivity index (χ3n) is 7.09. The molecule has 0 fully saturated rings. The van der Waals surface area contributed by atoms with E-state index in [-0.39, 0.29) is 28.9 Å². The Hall–Kier alpha value is -4.32. The smallest absolute Gasteiger partial charge is 0.264 e. The molecule has 10 nitrogen and oxygen atoms in total. The fraction of sp³-hybridized carbons (Fsp3) is 0.375. The van der Waals surface area contributed by atoms with Gasteiger partial charge in [0.15, 0.2) is 11.5 Å². The molecule has 0 spiro atoms. The molecule has 3 aromatic rings. The van der Waals surface area contributed by atoms with E-state index in [0.717, 1.165) is 4.31 Å². The van der Waals surface area contributed by atoms with E-state index in [0.29, 0.717) is 30.1 Å². The molecule has 2 amide bonds. The molecule has 238 valence electrons. The van der Waals surface area contributed by atoms with Crippen molar-refractivity contribution in [2.45, 2.75) is 57.6 Å². The fourth-order valence-corrected chi connectivity index (χ4v) is 5.77. The van der Waals surface area contributed by atoms with Gasteiger partial charge in [-0.15, -0.1) is 0 Å². The summed E-state index contributed by atoms with van der Waals surface area (Å²) in [5, 5.41) is 2.88.